The van der Waals surface area contributed by atoms with Crippen LogP contribution in [0.1, 0.15) is 21.5 Å². The van der Waals surface area contributed by atoms with E-state index in [-0.39, 0.29) is 11.6 Å². The SMILES string of the molecule is COc1ccc(F)c(Nc2nccc3c(NC(=O)c4cccc5c(NCc6ccc(OC)cc6OC)ncnc45)c(C)ccc23)c1. The molecule has 2 heterocycles. The highest BCUT2D eigenvalue weighted by molar-refractivity contribution is 6.16. The lowest BCUT2D eigenvalue weighted by atomic mass is 10.0. The summed E-state index contributed by atoms with van der Waals surface area (Å²) in [6.45, 7) is 2.33. The number of pyridine rings is 1. The van der Waals surface area contributed by atoms with Gasteiger partial charge in [-0.25, -0.2) is 19.3 Å². The fraction of sp³-hybridized carbons (Fsp3) is 0.143. The van der Waals surface area contributed by atoms with Gasteiger partial charge in [-0.15, -0.1) is 0 Å². The number of methoxy groups -OCH3 is 3. The summed E-state index contributed by atoms with van der Waals surface area (Å²) in [4.78, 5) is 27.2. The van der Waals surface area contributed by atoms with E-state index in [0.717, 1.165) is 16.5 Å². The lowest BCUT2D eigenvalue weighted by molar-refractivity contribution is 0.102. The first-order chi connectivity index (χ1) is 22.4. The number of benzene rings is 4. The van der Waals surface area contributed by atoms with Gasteiger partial charge in [0.05, 0.1) is 43.8 Å². The Labute approximate surface area is 264 Å². The lowest BCUT2D eigenvalue weighted by Gasteiger charge is -2.16. The summed E-state index contributed by atoms with van der Waals surface area (Å²) in [5, 5.41) is 11.6. The molecule has 0 aliphatic heterocycles. The average molecular weight is 619 g/mol. The molecular weight excluding hydrogens is 587 g/mol. The minimum Gasteiger partial charge on any atom is -0.497 e. The van der Waals surface area contributed by atoms with E-state index in [0.29, 0.717) is 63.0 Å². The van der Waals surface area contributed by atoms with Gasteiger partial charge in [-0.2, -0.15) is 0 Å². The van der Waals surface area contributed by atoms with Crippen molar-refractivity contribution in [3.8, 4) is 17.2 Å². The fourth-order valence-electron chi connectivity index (χ4n) is 5.25. The predicted molar refractivity (Wildman–Crippen MR) is 177 cm³/mol. The van der Waals surface area contributed by atoms with Crippen LogP contribution in [0.5, 0.6) is 17.2 Å². The van der Waals surface area contributed by atoms with Gasteiger partial charge in [-0.3, -0.25) is 4.79 Å². The molecule has 0 saturated carbocycles. The number of nitrogens with one attached hydrogen (secondary N) is 3. The summed E-state index contributed by atoms with van der Waals surface area (Å²) in [6, 6.07) is 21.0. The number of halogens is 1. The summed E-state index contributed by atoms with van der Waals surface area (Å²) in [7, 11) is 4.73. The minimum absolute atomic E-state index is 0.218. The first-order valence-corrected chi connectivity index (χ1v) is 14.4. The second-order valence-corrected chi connectivity index (χ2v) is 10.4. The fourth-order valence-corrected chi connectivity index (χ4v) is 5.25. The molecule has 0 saturated heterocycles. The number of rotatable bonds is 10. The van der Waals surface area contributed by atoms with E-state index < -0.39 is 5.82 Å². The Morgan fingerprint density at radius 3 is 2.41 bits per heavy atom. The Bertz CT molecular complexity index is 2090. The second-order valence-electron chi connectivity index (χ2n) is 10.4. The van der Waals surface area contributed by atoms with Crippen LogP contribution in [0.4, 0.5) is 27.4 Å². The molecule has 0 spiro atoms. The molecular formula is C35H31FN6O4. The standard InChI is InChI=1S/C35H31FN6O4/c1-20-8-12-25-24(14-15-37-34(25)41-29-16-22(44-2)11-13-28(29)36)31(20)42-35(43)27-7-5-6-26-32(27)39-19-40-33(26)38-18-21-9-10-23(45-3)17-30(21)46-4/h5-17,19H,18H2,1-4H3,(H,37,41)(H,42,43)(H,38,39,40). The molecule has 0 aliphatic carbocycles. The molecule has 0 bridgehead atoms. The Balaban J connectivity index is 1.30. The lowest BCUT2D eigenvalue weighted by Crippen LogP contribution is -2.14. The van der Waals surface area contributed by atoms with Crippen LogP contribution in [-0.4, -0.2) is 42.2 Å². The number of aromatic nitrogens is 3. The molecule has 6 rings (SSSR count). The van der Waals surface area contributed by atoms with E-state index in [1.54, 1.807) is 44.7 Å². The normalized spacial score (nSPS) is 10.9. The van der Waals surface area contributed by atoms with Gasteiger partial charge in [0, 0.05) is 46.6 Å². The van der Waals surface area contributed by atoms with Gasteiger partial charge in [-0.1, -0.05) is 18.2 Å². The molecule has 0 aliphatic rings. The number of hydrogen-bond donors (Lipinski definition) is 3. The molecule has 2 aromatic heterocycles. The Kier molecular flexibility index (Phi) is 8.46. The Hall–Kier alpha value is -5.97. The summed E-state index contributed by atoms with van der Waals surface area (Å²) >= 11 is 0. The van der Waals surface area contributed by atoms with Crippen LogP contribution >= 0.6 is 0 Å². The number of carbonyl (C=O) groups excluding carboxylic acids is 1. The van der Waals surface area contributed by atoms with Crippen molar-refractivity contribution in [1.82, 2.24) is 15.0 Å². The minimum atomic E-state index is -0.449. The van der Waals surface area contributed by atoms with Gasteiger partial charge < -0.3 is 30.2 Å². The zero-order valence-corrected chi connectivity index (χ0v) is 25.6. The average Bonchev–Trinajstić information content (AvgIpc) is 3.09. The zero-order chi connectivity index (χ0) is 32.2. The van der Waals surface area contributed by atoms with Gasteiger partial charge in [0.25, 0.3) is 5.91 Å². The molecule has 0 atom stereocenters. The third kappa shape index (κ3) is 5.90. The number of para-hydroxylation sites is 1. The van der Waals surface area contributed by atoms with Crippen LogP contribution in [0.3, 0.4) is 0 Å². The number of nitrogens with zero attached hydrogens (tertiary/aromatic N) is 3. The van der Waals surface area contributed by atoms with E-state index in [1.807, 2.05) is 49.4 Å². The Morgan fingerprint density at radius 1 is 0.804 bits per heavy atom. The quantitative estimate of drug-likeness (QED) is 0.146. The molecule has 232 valence electrons. The number of carbonyl (C=O) groups is 1. The predicted octanol–water partition coefficient (Wildman–Crippen LogP) is 7.26. The van der Waals surface area contributed by atoms with Gasteiger partial charge >= 0.3 is 0 Å². The van der Waals surface area contributed by atoms with Crippen molar-refractivity contribution >= 4 is 50.6 Å². The largest absolute Gasteiger partial charge is 0.497 e. The zero-order valence-electron chi connectivity index (χ0n) is 25.6. The molecule has 3 N–H and O–H groups in total. The maximum Gasteiger partial charge on any atom is 0.257 e. The van der Waals surface area contributed by atoms with Crippen molar-refractivity contribution in [2.45, 2.75) is 13.5 Å². The number of anilines is 4. The van der Waals surface area contributed by atoms with Crippen LogP contribution in [-0.2, 0) is 6.54 Å². The van der Waals surface area contributed by atoms with E-state index in [1.165, 1.54) is 19.5 Å². The molecule has 4 aromatic carbocycles. The van der Waals surface area contributed by atoms with Gasteiger partial charge in [0.15, 0.2) is 0 Å². The first-order valence-electron chi connectivity index (χ1n) is 14.4. The highest BCUT2D eigenvalue weighted by atomic mass is 19.1. The smallest absolute Gasteiger partial charge is 0.257 e. The van der Waals surface area contributed by atoms with Crippen molar-refractivity contribution in [3.05, 3.63) is 108 Å². The summed E-state index contributed by atoms with van der Waals surface area (Å²) in [6.07, 6.45) is 3.04. The highest BCUT2D eigenvalue weighted by Gasteiger charge is 2.18. The number of aryl methyl sites for hydroxylation is 1. The molecule has 0 radical (unpaired) electrons. The third-order valence-electron chi connectivity index (χ3n) is 7.67. The van der Waals surface area contributed by atoms with E-state index in [2.05, 4.69) is 30.9 Å². The van der Waals surface area contributed by atoms with Crippen LogP contribution in [0.15, 0.2) is 85.3 Å². The molecule has 0 unspecified atom stereocenters. The van der Waals surface area contributed by atoms with Gasteiger partial charge in [0.2, 0.25) is 0 Å². The van der Waals surface area contributed by atoms with Crippen molar-refractivity contribution in [1.29, 1.82) is 0 Å². The molecule has 46 heavy (non-hydrogen) atoms. The number of hydrogen-bond acceptors (Lipinski definition) is 9. The van der Waals surface area contributed by atoms with Crippen LogP contribution in [0.2, 0.25) is 0 Å². The van der Waals surface area contributed by atoms with Crippen molar-refractivity contribution in [3.63, 3.8) is 0 Å². The Morgan fingerprint density at radius 2 is 1.61 bits per heavy atom. The number of fused-ring (bicyclic) bond motifs is 2. The maximum absolute atomic E-state index is 14.6. The molecule has 0 fully saturated rings. The topological polar surface area (TPSA) is 120 Å². The van der Waals surface area contributed by atoms with Crippen LogP contribution in [0, 0.1) is 12.7 Å². The monoisotopic (exact) mass is 618 g/mol. The van der Waals surface area contributed by atoms with Crippen molar-refractivity contribution in [2.24, 2.45) is 0 Å². The molecule has 1 amide bonds. The molecule has 11 heteroatoms. The summed E-state index contributed by atoms with van der Waals surface area (Å²) < 4.78 is 30.7. The van der Waals surface area contributed by atoms with Crippen LogP contribution in [0.25, 0.3) is 21.7 Å². The maximum atomic E-state index is 14.6. The molecule has 10 nitrogen and oxygen atoms in total. The van der Waals surface area contributed by atoms with Crippen LogP contribution < -0.4 is 30.2 Å². The first kappa shape index (κ1) is 30.1. The highest BCUT2D eigenvalue weighted by Crippen LogP contribution is 2.34. The van der Waals surface area contributed by atoms with E-state index in [4.69, 9.17) is 14.2 Å². The summed E-state index contributed by atoms with van der Waals surface area (Å²) in [5.74, 6) is 2.10. The van der Waals surface area contributed by atoms with E-state index >= 15 is 0 Å². The van der Waals surface area contributed by atoms with E-state index in [9.17, 15) is 9.18 Å². The van der Waals surface area contributed by atoms with Crippen molar-refractivity contribution < 1.29 is 23.4 Å². The molecule has 6 aromatic rings. The second kappa shape index (κ2) is 12.9. The van der Waals surface area contributed by atoms with Crippen molar-refractivity contribution in [2.75, 3.05) is 37.3 Å². The number of amides is 1. The third-order valence-corrected chi connectivity index (χ3v) is 7.67. The van der Waals surface area contributed by atoms with Gasteiger partial charge in [-0.05, 0) is 55.0 Å². The number of ether oxygens (including phenoxy) is 3. The summed E-state index contributed by atoms with van der Waals surface area (Å²) in [5.41, 5.74) is 3.46. The van der Waals surface area contributed by atoms with Gasteiger partial charge in [0.1, 0.15) is 41.0 Å².